The van der Waals surface area contributed by atoms with Crippen molar-refractivity contribution in [3.05, 3.63) is 59.7 Å². The number of nitrogens with two attached hydrogens (primary N) is 2. The third-order valence-corrected chi connectivity index (χ3v) is 4.71. The lowest BCUT2D eigenvalue weighted by Crippen LogP contribution is -2.12. The van der Waals surface area contributed by atoms with Crippen molar-refractivity contribution in [2.24, 2.45) is 10.9 Å². The van der Waals surface area contributed by atoms with Crippen LogP contribution in [0.25, 0.3) is 0 Å². The van der Waals surface area contributed by atoms with Gasteiger partial charge in [-0.15, -0.1) is 0 Å². The van der Waals surface area contributed by atoms with Gasteiger partial charge in [0.15, 0.2) is 0 Å². The standard InChI is InChI=1S/C15H17N3O2S/c16-14-9-15(13-4-2-1-3-12(13)14)18-10-5-7-11(8-6-10)21(17,19)20/h1-8,14-15,18H,9,16H2,(H2,17,19,20). The van der Waals surface area contributed by atoms with Gasteiger partial charge in [-0.25, -0.2) is 13.6 Å². The Labute approximate surface area is 124 Å². The summed E-state index contributed by atoms with van der Waals surface area (Å²) in [7, 11) is -3.65. The molecule has 0 radical (unpaired) electrons. The first-order valence-corrected chi connectivity index (χ1v) is 8.23. The maximum atomic E-state index is 11.2. The van der Waals surface area contributed by atoms with E-state index in [4.69, 9.17) is 10.9 Å². The number of rotatable bonds is 3. The van der Waals surface area contributed by atoms with E-state index in [9.17, 15) is 8.42 Å². The summed E-state index contributed by atoms with van der Waals surface area (Å²) in [5.74, 6) is 0. The van der Waals surface area contributed by atoms with Gasteiger partial charge in [-0.1, -0.05) is 24.3 Å². The van der Waals surface area contributed by atoms with Crippen molar-refractivity contribution in [2.45, 2.75) is 23.4 Å². The molecule has 1 aliphatic rings. The zero-order chi connectivity index (χ0) is 15.0. The van der Waals surface area contributed by atoms with E-state index in [1.165, 1.54) is 17.7 Å². The normalized spacial score (nSPS) is 21.0. The maximum absolute atomic E-state index is 11.2. The van der Waals surface area contributed by atoms with Crippen LogP contribution in [0.2, 0.25) is 0 Å². The summed E-state index contributed by atoms with van der Waals surface area (Å²) in [5.41, 5.74) is 9.34. The zero-order valence-corrected chi connectivity index (χ0v) is 12.2. The molecule has 2 aromatic carbocycles. The fraction of sp³-hybridized carbons (Fsp3) is 0.200. The van der Waals surface area contributed by atoms with Crippen LogP contribution in [0.3, 0.4) is 0 Å². The molecular formula is C15H17N3O2S. The number of primary sulfonamides is 1. The van der Waals surface area contributed by atoms with Crippen LogP contribution >= 0.6 is 0 Å². The smallest absolute Gasteiger partial charge is 0.238 e. The van der Waals surface area contributed by atoms with E-state index in [0.29, 0.717) is 0 Å². The van der Waals surface area contributed by atoms with E-state index in [2.05, 4.69) is 11.4 Å². The molecule has 0 saturated heterocycles. The van der Waals surface area contributed by atoms with Crippen molar-refractivity contribution in [1.29, 1.82) is 0 Å². The lowest BCUT2D eigenvalue weighted by molar-refractivity contribution is 0.598. The molecule has 0 saturated carbocycles. The molecule has 21 heavy (non-hydrogen) atoms. The number of anilines is 1. The van der Waals surface area contributed by atoms with E-state index in [1.54, 1.807) is 12.1 Å². The Morgan fingerprint density at radius 2 is 1.62 bits per heavy atom. The molecule has 0 amide bonds. The SMILES string of the molecule is NC1CC(Nc2ccc(S(N)(=O)=O)cc2)c2ccccc21. The fourth-order valence-electron chi connectivity index (χ4n) is 2.75. The van der Waals surface area contributed by atoms with Gasteiger partial charge >= 0.3 is 0 Å². The minimum atomic E-state index is -3.65. The van der Waals surface area contributed by atoms with Gasteiger partial charge in [0.25, 0.3) is 0 Å². The highest BCUT2D eigenvalue weighted by Crippen LogP contribution is 2.39. The topological polar surface area (TPSA) is 98.2 Å². The van der Waals surface area contributed by atoms with Gasteiger partial charge < -0.3 is 11.1 Å². The van der Waals surface area contributed by atoms with Crippen LogP contribution in [0.5, 0.6) is 0 Å². The quantitative estimate of drug-likeness (QED) is 0.806. The summed E-state index contributed by atoms with van der Waals surface area (Å²) < 4.78 is 22.5. The van der Waals surface area contributed by atoms with Gasteiger partial charge in [0, 0.05) is 11.7 Å². The second-order valence-corrected chi connectivity index (χ2v) is 6.80. The van der Waals surface area contributed by atoms with Gasteiger partial charge in [0.1, 0.15) is 0 Å². The molecule has 5 nitrogen and oxygen atoms in total. The second-order valence-electron chi connectivity index (χ2n) is 5.24. The molecule has 2 aromatic rings. The average molecular weight is 303 g/mol. The van der Waals surface area contributed by atoms with Crippen LogP contribution in [0.1, 0.15) is 29.6 Å². The molecule has 0 fully saturated rings. The Balaban J connectivity index is 1.82. The third-order valence-electron chi connectivity index (χ3n) is 3.78. The highest BCUT2D eigenvalue weighted by atomic mass is 32.2. The monoisotopic (exact) mass is 303 g/mol. The van der Waals surface area contributed by atoms with Crippen LogP contribution in [0, 0.1) is 0 Å². The largest absolute Gasteiger partial charge is 0.378 e. The molecule has 6 heteroatoms. The maximum Gasteiger partial charge on any atom is 0.238 e. The van der Waals surface area contributed by atoms with E-state index in [0.717, 1.165) is 17.7 Å². The summed E-state index contributed by atoms with van der Waals surface area (Å²) in [6.07, 6.45) is 0.816. The van der Waals surface area contributed by atoms with Gasteiger partial charge in [0.2, 0.25) is 10.0 Å². The summed E-state index contributed by atoms with van der Waals surface area (Å²) in [4.78, 5) is 0.108. The fourth-order valence-corrected chi connectivity index (χ4v) is 3.27. The van der Waals surface area contributed by atoms with Crippen molar-refractivity contribution in [1.82, 2.24) is 0 Å². The Hall–Kier alpha value is -1.89. The van der Waals surface area contributed by atoms with E-state index >= 15 is 0 Å². The molecule has 1 aliphatic carbocycles. The number of fused-ring (bicyclic) bond motifs is 1. The van der Waals surface area contributed by atoms with E-state index < -0.39 is 10.0 Å². The summed E-state index contributed by atoms with van der Waals surface area (Å²) in [5, 5.41) is 8.48. The van der Waals surface area contributed by atoms with Crippen LogP contribution in [-0.2, 0) is 10.0 Å². The number of hydrogen-bond donors (Lipinski definition) is 3. The Morgan fingerprint density at radius 1 is 1.00 bits per heavy atom. The van der Waals surface area contributed by atoms with Crippen LogP contribution in [0.4, 0.5) is 5.69 Å². The number of nitrogens with one attached hydrogen (secondary N) is 1. The average Bonchev–Trinajstić information content (AvgIpc) is 2.76. The van der Waals surface area contributed by atoms with Crippen LogP contribution < -0.4 is 16.2 Å². The summed E-state index contributed by atoms with van der Waals surface area (Å²) >= 11 is 0. The van der Waals surface area contributed by atoms with Crippen molar-refractivity contribution >= 4 is 15.7 Å². The molecular weight excluding hydrogens is 286 g/mol. The first kappa shape index (κ1) is 14.1. The lowest BCUT2D eigenvalue weighted by Gasteiger charge is -2.15. The molecule has 0 bridgehead atoms. The third kappa shape index (κ3) is 2.78. The highest BCUT2D eigenvalue weighted by Gasteiger charge is 2.27. The first-order chi connectivity index (χ1) is 9.95. The lowest BCUT2D eigenvalue weighted by atomic mass is 10.1. The molecule has 5 N–H and O–H groups in total. The van der Waals surface area contributed by atoms with Crippen molar-refractivity contribution in [3.8, 4) is 0 Å². The zero-order valence-electron chi connectivity index (χ0n) is 11.4. The molecule has 0 aromatic heterocycles. The van der Waals surface area contributed by atoms with Crippen LogP contribution in [0.15, 0.2) is 53.4 Å². The molecule has 0 spiro atoms. The van der Waals surface area contributed by atoms with Crippen molar-refractivity contribution in [2.75, 3.05) is 5.32 Å². The van der Waals surface area contributed by atoms with Gasteiger partial charge in [-0.2, -0.15) is 0 Å². The van der Waals surface area contributed by atoms with Crippen LogP contribution in [-0.4, -0.2) is 8.42 Å². The minimum absolute atomic E-state index is 0.0300. The van der Waals surface area contributed by atoms with Gasteiger partial charge in [-0.05, 0) is 41.8 Å². The molecule has 0 aliphatic heterocycles. The molecule has 3 rings (SSSR count). The van der Waals surface area contributed by atoms with E-state index in [-0.39, 0.29) is 17.0 Å². The number of hydrogen-bond acceptors (Lipinski definition) is 4. The molecule has 2 atom stereocenters. The molecule has 0 heterocycles. The predicted octanol–water partition coefficient (Wildman–Crippen LogP) is 1.89. The minimum Gasteiger partial charge on any atom is -0.378 e. The highest BCUT2D eigenvalue weighted by molar-refractivity contribution is 7.89. The number of sulfonamides is 1. The van der Waals surface area contributed by atoms with Gasteiger partial charge in [-0.3, -0.25) is 0 Å². The van der Waals surface area contributed by atoms with Crippen molar-refractivity contribution in [3.63, 3.8) is 0 Å². The number of benzene rings is 2. The second kappa shape index (κ2) is 5.14. The van der Waals surface area contributed by atoms with Gasteiger partial charge in [0.05, 0.1) is 10.9 Å². The Morgan fingerprint density at radius 3 is 2.24 bits per heavy atom. The Bertz CT molecular complexity index is 757. The summed E-state index contributed by atoms with van der Waals surface area (Å²) in [6.45, 7) is 0. The first-order valence-electron chi connectivity index (χ1n) is 6.69. The van der Waals surface area contributed by atoms with E-state index in [1.807, 2.05) is 18.2 Å². The summed E-state index contributed by atoms with van der Waals surface area (Å²) in [6, 6.07) is 14.7. The Kier molecular flexibility index (Phi) is 3.44. The molecule has 110 valence electrons. The van der Waals surface area contributed by atoms with Crippen molar-refractivity contribution < 1.29 is 8.42 Å². The predicted molar refractivity (Wildman–Crippen MR) is 82.2 cm³/mol. The molecule has 2 unspecified atom stereocenters.